The fourth-order valence-corrected chi connectivity index (χ4v) is 4.04. The van der Waals surface area contributed by atoms with Crippen LogP contribution in [0.15, 0.2) is 12.1 Å². The fraction of sp³-hybridized carbons (Fsp3) is 0.643. The first-order valence-electron chi connectivity index (χ1n) is 7.43. The molecule has 2 fully saturated rings. The Labute approximate surface area is 127 Å². The molecule has 1 aliphatic carbocycles. The van der Waals surface area contributed by atoms with Gasteiger partial charge in [-0.3, -0.25) is 19.8 Å². The number of nitrogens with zero attached hydrogens (tertiary/aromatic N) is 3. The summed E-state index contributed by atoms with van der Waals surface area (Å²) in [7, 11) is 0. The van der Waals surface area contributed by atoms with Gasteiger partial charge in [-0.25, -0.2) is 0 Å². The molecule has 7 heteroatoms. The molecule has 1 aromatic heterocycles. The number of carbonyl (C=O) groups excluding carboxylic acids is 1. The van der Waals surface area contributed by atoms with Crippen LogP contribution in [0.25, 0.3) is 0 Å². The molecule has 0 N–H and O–H groups in total. The standard InChI is InChI=1S/C14H19N3O3S/c18-14(12-5-6-13(21-12)17(19)20)16-9-7-15(8-10-16)11-3-1-2-4-11/h5-6,11H,1-4,7-10H2. The lowest BCUT2D eigenvalue weighted by molar-refractivity contribution is -0.380. The average Bonchev–Trinajstić information content (AvgIpc) is 3.18. The second kappa shape index (κ2) is 6.11. The predicted molar refractivity (Wildman–Crippen MR) is 80.7 cm³/mol. The third-order valence-electron chi connectivity index (χ3n) is 4.43. The summed E-state index contributed by atoms with van der Waals surface area (Å²) in [5.74, 6) is -0.0702. The summed E-state index contributed by atoms with van der Waals surface area (Å²) >= 11 is 0.965. The van der Waals surface area contributed by atoms with Crippen LogP contribution < -0.4 is 0 Å². The summed E-state index contributed by atoms with van der Waals surface area (Å²) in [6.07, 6.45) is 5.21. The molecule has 21 heavy (non-hydrogen) atoms. The van der Waals surface area contributed by atoms with E-state index in [-0.39, 0.29) is 10.9 Å². The maximum Gasteiger partial charge on any atom is 0.324 e. The van der Waals surface area contributed by atoms with Gasteiger partial charge in [-0.05, 0) is 18.9 Å². The summed E-state index contributed by atoms with van der Waals surface area (Å²) < 4.78 is 0. The molecule has 1 saturated carbocycles. The maximum atomic E-state index is 12.4. The minimum absolute atomic E-state index is 0.0305. The van der Waals surface area contributed by atoms with Crippen molar-refractivity contribution in [1.82, 2.24) is 9.80 Å². The highest BCUT2D eigenvalue weighted by Crippen LogP contribution is 2.27. The molecule has 1 aliphatic heterocycles. The van der Waals surface area contributed by atoms with Crippen LogP contribution in [0, 0.1) is 10.1 Å². The summed E-state index contributed by atoms with van der Waals surface area (Å²) in [4.78, 5) is 27.4. The van der Waals surface area contributed by atoms with E-state index in [1.54, 1.807) is 6.07 Å². The zero-order valence-electron chi connectivity index (χ0n) is 11.9. The Bertz CT molecular complexity index is 531. The first kappa shape index (κ1) is 14.5. The van der Waals surface area contributed by atoms with Gasteiger partial charge in [-0.2, -0.15) is 0 Å². The van der Waals surface area contributed by atoms with Gasteiger partial charge in [0.15, 0.2) is 0 Å². The monoisotopic (exact) mass is 309 g/mol. The van der Waals surface area contributed by atoms with Crippen molar-refractivity contribution in [2.24, 2.45) is 0 Å². The Morgan fingerprint density at radius 3 is 2.43 bits per heavy atom. The molecule has 0 radical (unpaired) electrons. The van der Waals surface area contributed by atoms with Crippen molar-refractivity contribution in [3.05, 3.63) is 27.1 Å². The van der Waals surface area contributed by atoms with Gasteiger partial charge in [0, 0.05) is 38.3 Å². The van der Waals surface area contributed by atoms with Gasteiger partial charge < -0.3 is 4.90 Å². The van der Waals surface area contributed by atoms with Crippen molar-refractivity contribution in [3.8, 4) is 0 Å². The van der Waals surface area contributed by atoms with E-state index in [9.17, 15) is 14.9 Å². The second-order valence-electron chi connectivity index (χ2n) is 5.66. The quantitative estimate of drug-likeness (QED) is 0.635. The molecule has 1 aromatic rings. The van der Waals surface area contributed by atoms with Crippen molar-refractivity contribution >= 4 is 22.2 Å². The normalized spacial score (nSPS) is 20.9. The molecule has 114 valence electrons. The van der Waals surface area contributed by atoms with Crippen molar-refractivity contribution in [1.29, 1.82) is 0 Å². The minimum atomic E-state index is -0.445. The van der Waals surface area contributed by atoms with Gasteiger partial charge in [0.2, 0.25) is 0 Å². The van der Waals surface area contributed by atoms with Gasteiger partial charge in [-0.15, -0.1) is 0 Å². The third-order valence-corrected chi connectivity index (χ3v) is 5.45. The highest BCUT2D eigenvalue weighted by Gasteiger charge is 2.29. The smallest absolute Gasteiger partial charge is 0.324 e. The lowest BCUT2D eigenvalue weighted by Crippen LogP contribution is -2.51. The number of amides is 1. The van der Waals surface area contributed by atoms with E-state index < -0.39 is 4.92 Å². The zero-order chi connectivity index (χ0) is 14.8. The Morgan fingerprint density at radius 1 is 1.19 bits per heavy atom. The van der Waals surface area contributed by atoms with Gasteiger partial charge in [0.25, 0.3) is 5.91 Å². The molecule has 0 aromatic carbocycles. The van der Waals surface area contributed by atoms with Crippen LogP contribution in [0.5, 0.6) is 0 Å². The molecule has 0 bridgehead atoms. The molecular formula is C14H19N3O3S. The Morgan fingerprint density at radius 2 is 1.86 bits per heavy atom. The number of hydrogen-bond donors (Lipinski definition) is 0. The van der Waals surface area contributed by atoms with Gasteiger partial charge >= 0.3 is 5.00 Å². The van der Waals surface area contributed by atoms with E-state index in [4.69, 9.17) is 0 Å². The van der Waals surface area contributed by atoms with Gasteiger partial charge in [0.05, 0.1) is 9.80 Å². The zero-order valence-corrected chi connectivity index (χ0v) is 12.7. The molecular weight excluding hydrogens is 290 g/mol. The van der Waals surface area contributed by atoms with Crippen LogP contribution in [0.1, 0.15) is 35.4 Å². The maximum absolute atomic E-state index is 12.4. The summed E-state index contributed by atoms with van der Waals surface area (Å²) in [6, 6.07) is 3.67. The van der Waals surface area contributed by atoms with E-state index in [0.717, 1.165) is 37.5 Å². The van der Waals surface area contributed by atoms with Crippen molar-refractivity contribution in [2.45, 2.75) is 31.7 Å². The second-order valence-corrected chi connectivity index (χ2v) is 6.72. The number of thiophene rings is 1. The average molecular weight is 309 g/mol. The van der Waals surface area contributed by atoms with Crippen molar-refractivity contribution < 1.29 is 9.72 Å². The number of hydrogen-bond acceptors (Lipinski definition) is 5. The molecule has 3 rings (SSSR count). The first-order chi connectivity index (χ1) is 10.1. The Balaban J connectivity index is 1.58. The number of nitro groups is 1. The summed E-state index contributed by atoms with van der Waals surface area (Å²) in [5.41, 5.74) is 0. The van der Waals surface area contributed by atoms with Gasteiger partial charge in [-0.1, -0.05) is 24.2 Å². The highest BCUT2D eigenvalue weighted by atomic mass is 32.1. The largest absolute Gasteiger partial charge is 0.335 e. The van der Waals surface area contributed by atoms with Crippen molar-refractivity contribution in [2.75, 3.05) is 26.2 Å². The molecule has 6 nitrogen and oxygen atoms in total. The van der Waals surface area contributed by atoms with E-state index in [0.29, 0.717) is 10.9 Å². The molecule has 0 atom stereocenters. The van der Waals surface area contributed by atoms with E-state index in [1.807, 2.05) is 4.90 Å². The van der Waals surface area contributed by atoms with Crippen LogP contribution in [0.4, 0.5) is 5.00 Å². The van der Waals surface area contributed by atoms with Crippen LogP contribution in [-0.4, -0.2) is 52.9 Å². The van der Waals surface area contributed by atoms with Crippen LogP contribution in [0.2, 0.25) is 0 Å². The Kier molecular flexibility index (Phi) is 4.21. The summed E-state index contributed by atoms with van der Waals surface area (Å²) in [6.45, 7) is 3.29. The molecule has 0 spiro atoms. The Hall–Kier alpha value is -1.47. The number of carbonyl (C=O) groups is 1. The van der Waals surface area contributed by atoms with Crippen LogP contribution in [0.3, 0.4) is 0 Å². The minimum Gasteiger partial charge on any atom is -0.335 e. The molecule has 1 saturated heterocycles. The molecule has 2 heterocycles. The number of piperazine rings is 1. The number of rotatable bonds is 3. The van der Waals surface area contributed by atoms with Crippen LogP contribution >= 0.6 is 11.3 Å². The third kappa shape index (κ3) is 3.08. The lowest BCUT2D eigenvalue weighted by atomic mass is 10.2. The van der Waals surface area contributed by atoms with E-state index in [2.05, 4.69) is 4.90 Å². The van der Waals surface area contributed by atoms with Crippen LogP contribution in [-0.2, 0) is 0 Å². The SMILES string of the molecule is O=C(c1ccc([N+](=O)[O-])s1)N1CCN(C2CCCC2)CC1. The predicted octanol–water partition coefficient (Wildman–Crippen LogP) is 2.36. The molecule has 1 amide bonds. The fourth-order valence-electron chi connectivity index (χ4n) is 3.26. The summed E-state index contributed by atoms with van der Waals surface area (Å²) in [5, 5.41) is 10.7. The van der Waals surface area contributed by atoms with Gasteiger partial charge in [0.1, 0.15) is 0 Å². The molecule has 2 aliphatic rings. The molecule has 0 unspecified atom stereocenters. The van der Waals surface area contributed by atoms with Crippen molar-refractivity contribution in [3.63, 3.8) is 0 Å². The highest BCUT2D eigenvalue weighted by molar-refractivity contribution is 7.17. The lowest BCUT2D eigenvalue weighted by Gasteiger charge is -2.37. The van der Waals surface area contributed by atoms with E-state index >= 15 is 0 Å². The first-order valence-corrected chi connectivity index (χ1v) is 8.24. The van der Waals surface area contributed by atoms with E-state index in [1.165, 1.54) is 31.7 Å². The topological polar surface area (TPSA) is 66.7 Å².